The molecule has 0 saturated heterocycles. The Hall–Kier alpha value is -0.680. The van der Waals surface area contributed by atoms with Crippen molar-refractivity contribution in [3.8, 4) is 0 Å². The minimum Gasteiger partial charge on any atom is -0.496 e. The first kappa shape index (κ1) is 8.42. The maximum Gasteiger partial charge on any atom is 0.125 e. The van der Waals surface area contributed by atoms with Gasteiger partial charge in [-0.25, -0.2) is 0 Å². The maximum atomic E-state index is 4.82. The molecule has 1 nitrogen and oxygen atoms in total. The fraction of sp³-hybridized carbons (Fsp3) is 0.700. The van der Waals surface area contributed by atoms with Crippen molar-refractivity contribution in [1.29, 1.82) is 0 Å². The van der Waals surface area contributed by atoms with Crippen LogP contribution in [0.5, 0.6) is 0 Å². The predicted molar refractivity (Wildman–Crippen MR) is 46.2 cm³/mol. The summed E-state index contributed by atoms with van der Waals surface area (Å²) < 4.78 is 4.82. The van der Waals surface area contributed by atoms with Crippen molar-refractivity contribution >= 4 is 0 Å². The summed E-state index contributed by atoms with van der Waals surface area (Å²) in [6.07, 6.45) is 2.82. The average molecular weight is 152 g/mol. The Kier molecular flexibility index (Phi) is 2.10. The smallest absolute Gasteiger partial charge is 0.125 e. The zero-order valence-electron chi connectivity index (χ0n) is 7.77. The summed E-state index contributed by atoms with van der Waals surface area (Å²) in [7, 11) is 1.66. The fourth-order valence-electron chi connectivity index (χ4n) is 1.37. The summed E-state index contributed by atoms with van der Waals surface area (Å²) in [6, 6.07) is 0. The van der Waals surface area contributed by atoms with Gasteiger partial charge < -0.3 is 4.74 Å². The molecule has 0 spiro atoms. The summed E-state index contributed by atoms with van der Waals surface area (Å²) in [4.78, 5) is 0. The van der Waals surface area contributed by atoms with Gasteiger partial charge in [0.15, 0.2) is 0 Å². The van der Waals surface area contributed by atoms with Gasteiger partial charge in [0.1, 0.15) is 6.26 Å². The van der Waals surface area contributed by atoms with E-state index in [0.717, 1.165) is 5.92 Å². The highest BCUT2D eigenvalue weighted by Gasteiger charge is 2.40. The molecule has 1 rings (SSSR count). The standard InChI is InChI=1S/C10H16O/c1-8-7-9(5-6-11-4)10(8,2)3/h6,8H,7H2,1-4H3. The van der Waals surface area contributed by atoms with E-state index in [9.17, 15) is 0 Å². The number of methoxy groups -OCH3 is 1. The van der Waals surface area contributed by atoms with E-state index in [-0.39, 0.29) is 0 Å². The lowest BCUT2D eigenvalue weighted by Gasteiger charge is -2.44. The third-order valence-electron chi connectivity index (χ3n) is 2.87. The molecule has 0 aromatic heterocycles. The lowest BCUT2D eigenvalue weighted by molar-refractivity contribution is 0.186. The van der Waals surface area contributed by atoms with E-state index in [4.69, 9.17) is 4.74 Å². The minimum absolute atomic E-state index is 0.342. The van der Waals surface area contributed by atoms with E-state index in [0.29, 0.717) is 5.41 Å². The topological polar surface area (TPSA) is 9.23 Å². The SMILES string of the molecule is COC=C=C1CC(C)C1(C)C. The van der Waals surface area contributed by atoms with Crippen LogP contribution in [0.2, 0.25) is 0 Å². The lowest BCUT2D eigenvalue weighted by Crippen LogP contribution is -2.35. The van der Waals surface area contributed by atoms with E-state index in [1.54, 1.807) is 13.4 Å². The van der Waals surface area contributed by atoms with Crippen molar-refractivity contribution in [2.45, 2.75) is 27.2 Å². The van der Waals surface area contributed by atoms with Gasteiger partial charge in [-0.1, -0.05) is 26.5 Å². The van der Waals surface area contributed by atoms with Crippen molar-refractivity contribution < 1.29 is 4.74 Å². The number of hydrogen-bond donors (Lipinski definition) is 0. The van der Waals surface area contributed by atoms with Gasteiger partial charge in [-0.15, -0.1) is 0 Å². The predicted octanol–water partition coefficient (Wildman–Crippen LogP) is 2.74. The first-order valence-electron chi connectivity index (χ1n) is 4.06. The first-order valence-corrected chi connectivity index (χ1v) is 4.06. The van der Waals surface area contributed by atoms with Crippen molar-refractivity contribution in [3.63, 3.8) is 0 Å². The normalized spacial score (nSPS) is 26.9. The molecule has 0 aliphatic heterocycles. The van der Waals surface area contributed by atoms with Crippen LogP contribution in [-0.4, -0.2) is 7.11 Å². The van der Waals surface area contributed by atoms with Gasteiger partial charge in [-0.3, -0.25) is 0 Å². The molecule has 0 aromatic carbocycles. The van der Waals surface area contributed by atoms with Crippen LogP contribution in [-0.2, 0) is 4.74 Å². The van der Waals surface area contributed by atoms with E-state index >= 15 is 0 Å². The molecule has 0 aromatic rings. The van der Waals surface area contributed by atoms with Crippen molar-refractivity contribution in [3.05, 3.63) is 17.6 Å². The average Bonchev–Trinajstić information content (AvgIpc) is 1.97. The molecule has 1 aliphatic carbocycles. The molecule has 0 heterocycles. The third kappa shape index (κ3) is 1.34. The zero-order chi connectivity index (χ0) is 8.48. The van der Waals surface area contributed by atoms with Gasteiger partial charge in [-0.2, -0.15) is 0 Å². The van der Waals surface area contributed by atoms with E-state index in [1.807, 2.05) is 0 Å². The molecule has 1 aliphatic rings. The van der Waals surface area contributed by atoms with Crippen molar-refractivity contribution in [1.82, 2.24) is 0 Å². The van der Waals surface area contributed by atoms with Gasteiger partial charge in [0.05, 0.1) is 7.11 Å². The van der Waals surface area contributed by atoms with Gasteiger partial charge in [0.2, 0.25) is 0 Å². The van der Waals surface area contributed by atoms with Crippen LogP contribution in [0.1, 0.15) is 27.2 Å². The Morgan fingerprint density at radius 2 is 2.27 bits per heavy atom. The Labute approximate surface area is 68.8 Å². The quantitative estimate of drug-likeness (QED) is 0.414. The molecular formula is C10H16O. The Bertz CT molecular complexity index is 207. The number of allylic oxidation sites excluding steroid dienone is 1. The summed E-state index contributed by atoms with van der Waals surface area (Å²) in [5.41, 5.74) is 4.88. The fourth-order valence-corrected chi connectivity index (χ4v) is 1.37. The molecule has 1 saturated carbocycles. The molecule has 11 heavy (non-hydrogen) atoms. The van der Waals surface area contributed by atoms with E-state index < -0.39 is 0 Å². The van der Waals surface area contributed by atoms with Crippen LogP contribution < -0.4 is 0 Å². The van der Waals surface area contributed by atoms with E-state index in [2.05, 4.69) is 26.5 Å². The number of rotatable bonds is 1. The van der Waals surface area contributed by atoms with Crippen LogP contribution in [0.3, 0.4) is 0 Å². The Balaban J connectivity index is 2.74. The monoisotopic (exact) mass is 152 g/mol. The second-order valence-electron chi connectivity index (χ2n) is 3.80. The maximum absolute atomic E-state index is 4.82. The highest BCUT2D eigenvalue weighted by Crippen LogP contribution is 2.49. The molecule has 0 amide bonds. The molecule has 1 fully saturated rings. The molecule has 0 bridgehead atoms. The second-order valence-corrected chi connectivity index (χ2v) is 3.80. The molecule has 0 N–H and O–H groups in total. The van der Waals surface area contributed by atoms with Gasteiger partial charge in [0, 0.05) is 0 Å². The number of ether oxygens (including phenoxy) is 1. The van der Waals surface area contributed by atoms with Crippen molar-refractivity contribution in [2.75, 3.05) is 7.11 Å². The molecule has 62 valence electrons. The van der Waals surface area contributed by atoms with E-state index in [1.165, 1.54) is 12.0 Å². The second kappa shape index (κ2) is 2.75. The lowest BCUT2D eigenvalue weighted by atomic mass is 9.60. The largest absolute Gasteiger partial charge is 0.496 e. The summed E-state index contributed by atoms with van der Waals surface area (Å²) in [5.74, 6) is 0.787. The van der Waals surface area contributed by atoms with Crippen LogP contribution in [0.4, 0.5) is 0 Å². The third-order valence-corrected chi connectivity index (χ3v) is 2.87. The highest BCUT2D eigenvalue weighted by atomic mass is 16.5. The highest BCUT2D eigenvalue weighted by molar-refractivity contribution is 5.22. The Morgan fingerprint density at radius 1 is 1.64 bits per heavy atom. The first-order chi connectivity index (χ1) is 5.09. The summed E-state index contributed by atoms with van der Waals surface area (Å²) in [5, 5.41) is 0. The minimum atomic E-state index is 0.342. The number of hydrogen-bond acceptors (Lipinski definition) is 1. The molecule has 0 radical (unpaired) electrons. The van der Waals surface area contributed by atoms with Crippen molar-refractivity contribution in [2.24, 2.45) is 11.3 Å². The molecule has 1 unspecified atom stereocenters. The zero-order valence-corrected chi connectivity index (χ0v) is 7.77. The Morgan fingerprint density at radius 3 is 2.64 bits per heavy atom. The van der Waals surface area contributed by atoms with Crippen LogP contribution in [0.15, 0.2) is 17.6 Å². The molecule has 1 heteroatoms. The van der Waals surface area contributed by atoms with Gasteiger partial charge >= 0.3 is 0 Å². The van der Waals surface area contributed by atoms with Gasteiger partial charge in [-0.05, 0) is 23.3 Å². The van der Waals surface area contributed by atoms with Gasteiger partial charge in [0.25, 0.3) is 0 Å². The summed E-state index contributed by atoms with van der Waals surface area (Å²) >= 11 is 0. The molecular weight excluding hydrogens is 136 g/mol. The summed E-state index contributed by atoms with van der Waals surface area (Å²) in [6.45, 7) is 6.79. The van der Waals surface area contributed by atoms with Crippen LogP contribution in [0.25, 0.3) is 0 Å². The molecule has 1 atom stereocenters. The van der Waals surface area contributed by atoms with Crippen LogP contribution >= 0.6 is 0 Å². The van der Waals surface area contributed by atoms with Crippen LogP contribution in [0, 0.1) is 11.3 Å².